The summed E-state index contributed by atoms with van der Waals surface area (Å²) in [6.45, 7) is 2.73. The maximum atomic E-state index is 12.5. The summed E-state index contributed by atoms with van der Waals surface area (Å²) in [4.78, 5) is 31.8. The number of hydrogen-bond acceptors (Lipinski definition) is 5. The molecule has 1 aliphatic rings. The van der Waals surface area contributed by atoms with E-state index in [2.05, 4.69) is 9.88 Å². The smallest absolute Gasteiger partial charge is 0.267 e. The molecular weight excluding hydrogens is 344 g/mol. The molecule has 0 radical (unpaired) electrons. The van der Waals surface area contributed by atoms with Crippen LogP contribution in [0.1, 0.15) is 11.1 Å². The number of carbonyl (C=O) groups is 2. The molecular formula is C20H22N4O3. The number of rotatable bonds is 5. The number of benzene rings is 1. The number of nitrogens with zero attached hydrogens (tertiary/aromatic N) is 3. The SMILES string of the molecule is O=C(C=Cc1ccccc1N1CCN(C(=O)Cc2cccnc2)CC1)NO. The quantitative estimate of drug-likeness (QED) is 0.476. The van der Waals surface area contributed by atoms with Crippen LogP contribution in [0.15, 0.2) is 54.9 Å². The first-order chi connectivity index (χ1) is 13.2. The monoisotopic (exact) mass is 366 g/mol. The van der Waals surface area contributed by atoms with Crippen LogP contribution in [0.5, 0.6) is 0 Å². The second kappa shape index (κ2) is 8.95. The van der Waals surface area contributed by atoms with Gasteiger partial charge >= 0.3 is 0 Å². The number of para-hydroxylation sites is 1. The van der Waals surface area contributed by atoms with Gasteiger partial charge in [0.05, 0.1) is 6.42 Å². The minimum Gasteiger partial charge on any atom is -0.367 e. The second-order valence-corrected chi connectivity index (χ2v) is 6.27. The standard InChI is InChI=1S/C20H22N4O3/c25-19(22-27)8-7-17-5-1-2-6-18(17)23-10-12-24(13-11-23)20(26)14-16-4-3-9-21-15-16/h1-9,15,27H,10-14H2,(H,22,25). The van der Waals surface area contributed by atoms with Crippen molar-refractivity contribution in [2.45, 2.75) is 6.42 Å². The van der Waals surface area contributed by atoms with Gasteiger partial charge in [-0.1, -0.05) is 24.3 Å². The van der Waals surface area contributed by atoms with Crippen LogP contribution < -0.4 is 10.4 Å². The van der Waals surface area contributed by atoms with Crippen LogP contribution in [0.4, 0.5) is 5.69 Å². The number of anilines is 1. The van der Waals surface area contributed by atoms with Gasteiger partial charge in [-0.25, -0.2) is 5.48 Å². The van der Waals surface area contributed by atoms with E-state index in [4.69, 9.17) is 5.21 Å². The molecule has 1 aromatic carbocycles. The zero-order chi connectivity index (χ0) is 19.1. The Morgan fingerprint density at radius 3 is 2.59 bits per heavy atom. The molecule has 140 valence electrons. The number of aromatic nitrogens is 1. The largest absolute Gasteiger partial charge is 0.367 e. The van der Waals surface area contributed by atoms with Gasteiger partial charge < -0.3 is 9.80 Å². The summed E-state index contributed by atoms with van der Waals surface area (Å²) in [5.74, 6) is -0.467. The predicted octanol–water partition coefficient (Wildman–Crippen LogP) is 1.49. The van der Waals surface area contributed by atoms with E-state index in [0.717, 1.165) is 29.9 Å². The van der Waals surface area contributed by atoms with E-state index in [1.54, 1.807) is 23.9 Å². The molecule has 0 saturated carbocycles. The fourth-order valence-corrected chi connectivity index (χ4v) is 3.11. The van der Waals surface area contributed by atoms with Gasteiger partial charge in [-0.05, 0) is 29.3 Å². The minimum atomic E-state index is -0.573. The molecule has 1 saturated heterocycles. The lowest BCUT2D eigenvalue weighted by atomic mass is 10.1. The molecule has 2 amide bonds. The Balaban J connectivity index is 1.62. The summed E-state index contributed by atoms with van der Waals surface area (Å²) < 4.78 is 0. The highest BCUT2D eigenvalue weighted by Crippen LogP contribution is 2.23. The number of piperazine rings is 1. The molecule has 3 rings (SSSR count). The van der Waals surface area contributed by atoms with E-state index >= 15 is 0 Å². The molecule has 1 aromatic heterocycles. The van der Waals surface area contributed by atoms with E-state index in [-0.39, 0.29) is 5.91 Å². The predicted molar refractivity (Wildman–Crippen MR) is 102 cm³/mol. The third-order valence-corrected chi connectivity index (χ3v) is 4.51. The molecule has 7 heteroatoms. The first-order valence-electron chi connectivity index (χ1n) is 8.80. The normalized spacial score (nSPS) is 14.4. The minimum absolute atomic E-state index is 0.107. The zero-order valence-corrected chi connectivity index (χ0v) is 14.9. The molecule has 7 nitrogen and oxygen atoms in total. The van der Waals surface area contributed by atoms with E-state index in [1.165, 1.54) is 6.08 Å². The Morgan fingerprint density at radius 2 is 1.89 bits per heavy atom. The van der Waals surface area contributed by atoms with Gasteiger partial charge in [0.1, 0.15) is 0 Å². The molecule has 2 aromatic rings. The highest BCUT2D eigenvalue weighted by Gasteiger charge is 2.22. The zero-order valence-electron chi connectivity index (χ0n) is 14.9. The summed E-state index contributed by atoms with van der Waals surface area (Å²) >= 11 is 0. The van der Waals surface area contributed by atoms with E-state index in [0.29, 0.717) is 19.5 Å². The highest BCUT2D eigenvalue weighted by molar-refractivity contribution is 5.91. The summed E-state index contributed by atoms with van der Waals surface area (Å²) in [6, 6.07) is 11.5. The summed E-state index contributed by atoms with van der Waals surface area (Å²) in [7, 11) is 0. The number of hydrogen-bond donors (Lipinski definition) is 2. The third kappa shape index (κ3) is 4.92. The van der Waals surface area contributed by atoms with Gasteiger partial charge in [0.25, 0.3) is 5.91 Å². The molecule has 27 heavy (non-hydrogen) atoms. The Bertz CT molecular complexity index is 815. The molecule has 2 N–H and O–H groups in total. The Kier molecular flexibility index (Phi) is 6.17. The van der Waals surface area contributed by atoms with Crippen molar-refractivity contribution in [2.75, 3.05) is 31.1 Å². The van der Waals surface area contributed by atoms with E-state index in [1.807, 2.05) is 41.3 Å². The molecule has 0 atom stereocenters. The van der Waals surface area contributed by atoms with Crippen molar-refractivity contribution in [3.63, 3.8) is 0 Å². The highest BCUT2D eigenvalue weighted by atomic mass is 16.5. The Hall–Kier alpha value is -3.19. The van der Waals surface area contributed by atoms with Gasteiger partial charge in [0.15, 0.2) is 0 Å². The van der Waals surface area contributed by atoms with Crippen molar-refractivity contribution in [3.8, 4) is 0 Å². The van der Waals surface area contributed by atoms with Crippen LogP contribution >= 0.6 is 0 Å². The lowest BCUT2D eigenvalue weighted by molar-refractivity contribution is -0.130. The summed E-state index contributed by atoms with van der Waals surface area (Å²) in [6.07, 6.45) is 6.73. The topological polar surface area (TPSA) is 85.8 Å². The first-order valence-corrected chi connectivity index (χ1v) is 8.80. The Morgan fingerprint density at radius 1 is 1.11 bits per heavy atom. The van der Waals surface area contributed by atoms with Crippen molar-refractivity contribution < 1.29 is 14.8 Å². The van der Waals surface area contributed by atoms with Gasteiger partial charge in [0, 0.05) is 50.3 Å². The van der Waals surface area contributed by atoms with Crippen molar-refractivity contribution in [1.29, 1.82) is 0 Å². The number of hydroxylamine groups is 1. The van der Waals surface area contributed by atoms with Crippen molar-refractivity contribution in [3.05, 3.63) is 66.0 Å². The van der Waals surface area contributed by atoms with Crippen LogP contribution in [-0.2, 0) is 16.0 Å². The maximum Gasteiger partial charge on any atom is 0.267 e. The fraction of sp³-hybridized carbons (Fsp3) is 0.250. The first kappa shape index (κ1) is 18.6. The molecule has 1 aliphatic heterocycles. The van der Waals surface area contributed by atoms with Crippen LogP contribution in [0.3, 0.4) is 0 Å². The second-order valence-electron chi connectivity index (χ2n) is 6.27. The number of nitrogens with one attached hydrogen (secondary N) is 1. The number of amides is 2. The van der Waals surface area contributed by atoms with Crippen molar-refractivity contribution >= 4 is 23.6 Å². The summed E-state index contributed by atoms with van der Waals surface area (Å²) in [5.41, 5.74) is 4.39. The van der Waals surface area contributed by atoms with Gasteiger partial charge in [-0.3, -0.25) is 19.8 Å². The van der Waals surface area contributed by atoms with Gasteiger partial charge in [-0.15, -0.1) is 0 Å². The average molecular weight is 366 g/mol. The van der Waals surface area contributed by atoms with E-state index < -0.39 is 5.91 Å². The molecule has 0 unspecified atom stereocenters. The van der Waals surface area contributed by atoms with Crippen molar-refractivity contribution in [2.24, 2.45) is 0 Å². The molecule has 0 bridgehead atoms. The van der Waals surface area contributed by atoms with Crippen molar-refractivity contribution in [1.82, 2.24) is 15.4 Å². The lowest BCUT2D eigenvalue weighted by Gasteiger charge is -2.37. The maximum absolute atomic E-state index is 12.5. The van der Waals surface area contributed by atoms with Gasteiger partial charge in [-0.2, -0.15) is 0 Å². The molecule has 0 aliphatic carbocycles. The molecule has 0 spiro atoms. The number of pyridine rings is 1. The summed E-state index contributed by atoms with van der Waals surface area (Å²) in [5, 5.41) is 8.62. The third-order valence-electron chi connectivity index (χ3n) is 4.51. The molecule has 1 fully saturated rings. The Labute approximate surface area is 157 Å². The van der Waals surface area contributed by atoms with Gasteiger partial charge in [0.2, 0.25) is 5.91 Å². The lowest BCUT2D eigenvalue weighted by Crippen LogP contribution is -2.49. The van der Waals surface area contributed by atoms with E-state index in [9.17, 15) is 9.59 Å². The van der Waals surface area contributed by atoms with Crippen LogP contribution in [0.2, 0.25) is 0 Å². The van der Waals surface area contributed by atoms with Crippen LogP contribution in [0, 0.1) is 0 Å². The van der Waals surface area contributed by atoms with Crippen LogP contribution in [0.25, 0.3) is 6.08 Å². The number of carbonyl (C=O) groups excluding carboxylic acids is 2. The average Bonchev–Trinajstić information content (AvgIpc) is 2.73. The van der Waals surface area contributed by atoms with Crippen LogP contribution in [-0.4, -0.2) is 53.1 Å². The molecule has 2 heterocycles. The fourth-order valence-electron chi connectivity index (χ4n) is 3.11.